The monoisotopic (exact) mass is 525 g/mol. The number of para-hydroxylation sites is 1. The smallest absolute Gasteiger partial charge is 0.335 e. The molecule has 3 aromatic carbocycles. The van der Waals surface area contributed by atoms with Gasteiger partial charge >= 0.3 is 5.97 Å². The predicted molar refractivity (Wildman–Crippen MR) is 136 cm³/mol. The van der Waals surface area contributed by atoms with Crippen LogP contribution < -0.4 is 5.32 Å². The number of carboxylic acids is 1. The number of anilines is 1. The van der Waals surface area contributed by atoms with E-state index in [0.29, 0.717) is 11.3 Å². The number of nitro groups is 2. The first-order valence-corrected chi connectivity index (χ1v) is 12.5. The van der Waals surface area contributed by atoms with Gasteiger partial charge in [0.15, 0.2) is 0 Å². The van der Waals surface area contributed by atoms with Crippen LogP contribution in [0.4, 0.5) is 17.1 Å². The first kappa shape index (κ1) is 24.1. The number of nitrogens with one attached hydrogen (secondary N) is 1. The average molecular weight is 526 g/mol. The van der Waals surface area contributed by atoms with Crippen LogP contribution >= 0.6 is 23.4 Å². The molecular weight excluding hydrogens is 506 g/mol. The van der Waals surface area contributed by atoms with Crippen LogP contribution in [0.25, 0.3) is 0 Å². The maximum atomic E-state index is 11.7. The molecule has 0 spiro atoms. The first-order chi connectivity index (χ1) is 17.2. The molecule has 0 saturated heterocycles. The van der Waals surface area contributed by atoms with E-state index in [0.717, 1.165) is 16.8 Å². The molecule has 0 bridgehead atoms. The zero-order valence-corrected chi connectivity index (χ0v) is 20.2. The second kappa shape index (κ2) is 9.44. The lowest BCUT2D eigenvalue weighted by Crippen LogP contribution is -2.31. The van der Waals surface area contributed by atoms with Gasteiger partial charge in [0.1, 0.15) is 0 Å². The molecule has 11 heteroatoms. The van der Waals surface area contributed by atoms with Gasteiger partial charge in [-0.05, 0) is 47.7 Å². The summed E-state index contributed by atoms with van der Waals surface area (Å²) in [6, 6.07) is 17.5. The van der Waals surface area contributed by atoms with Gasteiger partial charge < -0.3 is 10.4 Å². The highest BCUT2D eigenvalue weighted by atomic mass is 35.5. The molecule has 1 aliphatic heterocycles. The molecule has 3 aromatic rings. The van der Waals surface area contributed by atoms with E-state index in [1.54, 1.807) is 36.4 Å². The molecule has 5 rings (SSSR count). The molecule has 5 atom stereocenters. The summed E-state index contributed by atoms with van der Waals surface area (Å²) in [7, 11) is 0. The van der Waals surface area contributed by atoms with Crippen molar-refractivity contribution < 1.29 is 19.7 Å². The van der Waals surface area contributed by atoms with Gasteiger partial charge in [0.05, 0.1) is 31.7 Å². The summed E-state index contributed by atoms with van der Waals surface area (Å²) in [6.45, 7) is 0. The molecule has 184 valence electrons. The van der Waals surface area contributed by atoms with Crippen molar-refractivity contribution in [2.75, 3.05) is 5.32 Å². The summed E-state index contributed by atoms with van der Waals surface area (Å²) in [4.78, 5) is 34.3. The minimum absolute atomic E-state index is 0.00293. The van der Waals surface area contributed by atoms with Gasteiger partial charge in [0.2, 0.25) is 0 Å². The highest BCUT2D eigenvalue weighted by molar-refractivity contribution is 8.00. The first-order valence-electron chi connectivity index (χ1n) is 11.2. The van der Waals surface area contributed by atoms with Crippen LogP contribution in [-0.4, -0.2) is 31.5 Å². The van der Waals surface area contributed by atoms with Crippen molar-refractivity contribution >= 4 is 46.4 Å². The van der Waals surface area contributed by atoms with Crippen LogP contribution in [-0.2, 0) is 0 Å². The van der Waals surface area contributed by atoms with Crippen molar-refractivity contribution in [3.63, 3.8) is 0 Å². The van der Waals surface area contributed by atoms with Gasteiger partial charge in [-0.15, -0.1) is 23.4 Å². The van der Waals surface area contributed by atoms with Crippen LogP contribution in [0.2, 0.25) is 0 Å². The summed E-state index contributed by atoms with van der Waals surface area (Å²) in [6.07, 6.45) is 0.576. The number of fused-ring (bicyclic) bond motifs is 3. The second-order valence-corrected chi connectivity index (χ2v) is 10.6. The molecule has 0 aromatic heterocycles. The maximum Gasteiger partial charge on any atom is 0.335 e. The summed E-state index contributed by atoms with van der Waals surface area (Å²) in [5, 5.41) is 35.3. The van der Waals surface area contributed by atoms with Crippen LogP contribution in [0.5, 0.6) is 0 Å². The number of carboxylic acid groups (broad SMARTS) is 1. The lowest BCUT2D eigenvalue weighted by atomic mass is 9.76. The third kappa shape index (κ3) is 4.27. The van der Waals surface area contributed by atoms with E-state index in [1.807, 2.05) is 6.07 Å². The Morgan fingerprint density at radius 1 is 1.03 bits per heavy atom. The van der Waals surface area contributed by atoms with Crippen molar-refractivity contribution in [2.24, 2.45) is 5.92 Å². The molecule has 36 heavy (non-hydrogen) atoms. The topological polar surface area (TPSA) is 136 Å². The van der Waals surface area contributed by atoms with Crippen molar-refractivity contribution in [1.82, 2.24) is 0 Å². The highest BCUT2D eigenvalue weighted by Crippen LogP contribution is 2.58. The van der Waals surface area contributed by atoms with E-state index in [2.05, 4.69) is 5.32 Å². The fourth-order valence-electron chi connectivity index (χ4n) is 5.28. The minimum Gasteiger partial charge on any atom is -0.478 e. The van der Waals surface area contributed by atoms with Gasteiger partial charge in [-0.2, -0.15) is 0 Å². The van der Waals surface area contributed by atoms with E-state index in [-0.39, 0.29) is 40.1 Å². The van der Waals surface area contributed by atoms with Crippen molar-refractivity contribution in [3.8, 4) is 0 Å². The van der Waals surface area contributed by atoms with E-state index in [4.69, 9.17) is 11.6 Å². The number of aromatic carboxylic acids is 1. The van der Waals surface area contributed by atoms with E-state index < -0.39 is 21.2 Å². The number of halogens is 1. The number of benzene rings is 3. The zero-order valence-electron chi connectivity index (χ0n) is 18.6. The predicted octanol–water partition coefficient (Wildman–Crippen LogP) is 6.24. The van der Waals surface area contributed by atoms with Gasteiger partial charge in [-0.25, -0.2) is 4.79 Å². The standard InChI is InChI=1S/C25H20ClN3O6S/c26-23-21(36-20-7-2-1-6-19(20)29(34)35)12-17-22(23)16-11-14(25(30)31)8-9-18(16)27-24(17)13-4-3-5-15(10-13)28(32)33/h1-11,17,21-24,27H,12H2,(H,30,31)/t17-,21+,22-,23+,24-/m0/s1. The van der Waals surface area contributed by atoms with Crippen LogP contribution in [0, 0.1) is 26.1 Å². The molecule has 2 N–H and O–H groups in total. The number of hydrogen-bond donors (Lipinski definition) is 2. The van der Waals surface area contributed by atoms with Gasteiger partial charge in [-0.3, -0.25) is 20.2 Å². The molecule has 2 aliphatic rings. The van der Waals surface area contributed by atoms with Gasteiger partial charge in [-0.1, -0.05) is 24.3 Å². The molecule has 1 aliphatic carbocycles. The lowest BCUT2D eigenvalue weighted by molar-refractivity contribution is -0.387. The van der Waals surface area contributed by atoms with Gasteiger partial charge in [0.25, 0.3) is 11.4 Å². The number of nitrogens with zero attached hydrogens (tertiary/aromatic N) is 2. The van der Waals surface area contributed by atoms with Crippen molar-refractivity contribution in [3.05, 3.63) is 104 Å². The molecule has 0 radical (unpaired) electrons. The molecule has 0 amide bonds. The Morgan fingerprint density at radius 3 is 2.53 bits per heavy atom. The lowest BCUT2D eigenvalue weighted by Gasteiger charge is -2.38. The Morgan fingerprint density at radius 2 is 1.81 bits per heavy atom. The Bertz CT molecular complexity index is 1390. The average Bonchev–Trinajstić information content (AvgIpc) is 3.19. The van der Waals surface area contributed by atoms with Gasteiger partial charge in [0, 0.05) is 35.1 Å². The number of alkyl halides is 1. The Kier molecular flexibility index (Phi) is 6.31. The number of carbonyl (C=O) groups is 1. The number of hydrogen-bond acceptors (Lipinski definition) is 7. The molecule has 1 heterocycles. The fraction of sp³-hybridized carbons (Fsp3) is 0.240. The maximum absolute atomic E-state index is 11.7. The summed E-state index contributed by atoms with van der Waals surface area (Å²) in [5.41, 5.74) is 2.34. The third-order valence-electron chi connectivity index (χ3n) is 6.84. The molecule has 1 fully saturated rings. The Balaban J connectivity index is 1.57. The number of nitro benzene ring substituents is 2. The zero-order chi connectivity index (χ0) is 25.6. The third-order valence-corrected chi connectivity index (χ3v) is 8.95. The largest absolute Gasteiger partial charge is 0.478 e. The number of rotatable bonds is 6. The Hall–Kier alpha value is -3.63. The molecule has 0 unspecified atom stereocenters. The normalized spacial score (nSPS) is 24.3. The van der Waals surface area contributed by atoms with Crippen LogP contribution in [0.15, 0.2) is 71.6 Å². The summed E-state index contributed by atoms with van der Waals surface area (Å²) < 4.78 is 0. The molecule has 9 nitrogen and oxygen atoms in total. The summed E-state index contributed by atoms with van der Waals surface area (Å²) in [5.74, 6) is -1.43. The number of non-ortho nitro benzene ring substituents is 1. The van der Waals surface area contributed by atoms with Crippen molar-refractivity contribution in [2.45, 2.75) is 33.9 Å². The van der Waals surface area contributed by atoms with Crippen molar-refractivity contribution in [1.29, 1.82) is 0 Å². The van der Waals surface area contributed by atoms with E-state index in [9.17, 15) is 30.1 Å². The second-order valence-electron chi connectivity index (χ2n) is 8.83. The van der Waals surface area contributed by atoms with E-state index in [1.165, 1.54) is 36.0 Å². The SMILES string of the molecule is O=C(O)c1ccc2c(c1)[C@@H]1[C@H](Cl)[C@H](Sc3ccccc3[N+](=O)[O-])C[C@@H]1[C@H](c1cccc([N+](=O)[O-])c1)N2. The highest BCUT2D eigenvalue weighted by Gasteiger charge is 2.50. The summed E-state index contributed by atoms with van der Waals surface area (Å²) >= 11 is 8.40. The minimum atomic E-state index is -1.05. The van der Waals surface area contributed by atoms with Crippen LogP contribution in [0.1, 0.15) is 39.9 Å². The molecule has 1 saturated carbocycles. The quantitative estimate of drug-likeness (QED) is 0.219. The van der Waals surface area contributed by atoms with E-state index >= 15 is 0 Å². The van der Waals surface area contributed by atoms with Crippen LogP contribution in [0.3, 0.4) is 0 Å². The fourth-order valence-corrected chi connectivity index (χ4v) is 7.23. The number of thioether (sulfide) groups is 1. The Labute approximate surface area is 214 Å². The molecular formula is C25H20ClN3O6S.